The van der Waals surface area contributed by atoms with Gasteiger partial charge in [-0.25, -0.2) is 38.7 Å². The Bertz CT molecular complexity index is 897. The summed E-state index contributed by atoms with van der Waals surface area (Å²) < 4.78 is 0. The molecule has 0 spiro atoms. The molecule has 0 saturated heterocycles. The maximum absolute atomic E-state index is 12.6. The Hall–Kier alpha value is -2.24. The lowest BCUT2D eigenvalue weighted by atomic mass is 9.95. The highest BCUT2D eigenvalue weighted by molar-refractivity contribution is 5.81. The molecule has 0 aromatic carbocycles. The quantitative estimate of drug-likeness (QED) is 0.0310. The van der Waals surface area contributed by atoms with Crippen LogP contribution in [0.25, 0.3) is 0 Å². The maximum Gasteiger partial charge on any atom is 0.361 e. The van der Waals surface area contributed by atoms with Gasteiger partial charge in [-0.05, 0) is 12.8 Å². The van der Waals surface area contributed by atoms with Gasteiger partial charge in [-0.15, -0.1) is 0 Å². The van der Waals surface area contributed by atoms with Crippen molar-refractivity contribution in [2.24, 2.45) is 5.92 Å². The predicted molar refractivity (Wildman–Crippen MR) is 211 cm³/mol. The van der Waals surface area contributed by atoms with Gasteiger partial charge < -0.3 is 15.3 Å². The van der Waals surface area contributed by atoms with Gasteiger partial charge >= 0.3 is 23.9 Å². The Morgan fingerprint density at radius 2 is 0.685 bits per heavy atom. The minimum atomic E-state index is -1.94. The number of aliphatic hydroxyl groups is 3. The van der Waals surface area contributed by atoms with E-state index in [1.54, 1.807) is 0 Å². The van der Waals surface area contributed by atoms with Gasteiger partial charge in [0.1, 0.15) is 12.0 Å². The van der Waals surface area contributed by atoms with Crippen molar-refractivity contribution in [3.63, 3.8) is 0 Å². The lowest BCUT2D eigenvalue weighted by Crippen LogP contribution is -2.42. The number of hydrogen-bond donors (Lipinski definition) is 3. The minimum Gasteiger partial charge on any atom is -0.394 e. The lowest BCUT2D eigenvalue weighted by Gasteiger charge is -2.22. The molecule has 0 aliphatic rings. The van der Waals surface area contributed by atoms with E-state index in [4.69, 9.17) is 0 Å². The molecule has 0 heterocycles. The monoisotopic (exact) mass is 773 g/mol. The van der Waals surface area contributed by atoms with Crippen LogP contribution in [0.5, 0.6) is 0 Å². The summed E-state index contributed by atoms with van der Waals surface area (Å²) in [7, 11) is 0. The van der Waals surface area contributed by atoms with E-state index >= 15 is 0 Å². The number of aliphatic hydroxyl groups excluding tert-OH is 3. The normalized spacial score (nSPS) is 12.9. The molecule has 11 heteroatoms. The zero-order chi connectivity index (χ0) is 39.9. The SMILES string of the molecule is CCCCCCCCCCCCCCCCCC(=O)OOC(=O)CC(C(=O)OOC(=O)CCCCCCCCCCCCCCCCC)C(O)C(O)CO. The Balaban J connectivity index is 4.09. The van der Waals surface area contributed by atoms with E-state index in [0.717, 1.165) is 38.5 Å². The second-order valence-electron chi connectivity index (χ2n) is 15.2. The molecule has 0 saturated carbocycles. The maximum atomic E-state index is 12.6. The van der Waals surface area contributed by atoms with Crippen LogP contribution < -0.4 is 0 Å². The summed E-state index contributed by atoms with van der Waals surface area (Å²) in [5.74, 6) is -5.80. The van der Waals surface area contributed by atoms with Crippen LogP contribution in [-0.4, -0.2) is 58.0 Å². The predicted octanol–water partition coefficient (Wildman–Crippen LogP) is 10.2. The van der Waals surface area contributed by atoms with E-state index in [2.05, 4.69) is 33.4 Å². The molecule has 0 aliphatic carbocycles. The second kappa shape index (κ2) is 39.0. The number of hydrogen-bond acceptors (Lipinski definition) is 11. The summed E-state index contributed by atoms with van der Waals surface area (Å²) in [5.41, 5.74) is 0. The Morgan fingerprint density at radius 3 is 1.00 bits per heavy atom. The Kier molecular flexibility index (Phi) is 37.4. The van der Waals surface area contributed by atoms with Gasteiger partial charge in [0.15, 0.2) is 0 Å². The molecule has 54 heavy (non-hydrogen) atoms. The van der Waals surface area contributed by atoms with Gasteiger partial charge in [-0.3, -0.25) is 0 Å². The minimum absolute atomic E-state index is 0.0232. The molecule has 0 amide bonds. The van der Waals surface area contributed by atoms with Gasteiger partial charge in [0.05, 0.1) is 32.0 Å². The summed E-state index contributed by atoms with van der Waals surface area (Å²) in [4.78, 5) is 67.3. The average Bonchev–Trinajstić information content (AvgIpc) is 3.17. The first-order valence-corrected chi connectivity index (χ1v) is 22.0. The Morgan fingerprint density at radius 1 is 0.407 bits per heavy atom. The van der Waals surface area contributed by atoms with Crippen molar-refractivity contribution in [2.75, 3.05) is 6.61 Å². The van der Waals surface area contributed by atoms with Crippen molar-refractivity contribution in [3.8, 4) is 0 Å². The summed E-state index contributed by atoms with van der Waals surface area (Å²) in [6.45, 7) is 3.57. The van der Waals surface area contributed by atoms with Crippen molar-refractivity contribution >= 4 is 23.9 Å². The molecule has 3 unspecified atom stereocenters. The molecule has 11 nitrogen and oxygen atoms in total. The highest BCUT2D eigenvalue weighted by atomic mass is 17.2. The van der Waals surface area contributed by atoms with Crippen LogP contribution in [0.4, 0.5) is 0 Å². The third-order valence-corrected chi connectivity index (χ3v) is 10.1. The van der Waals surface area contributed by atoms with E-state index in [9.17, 15) is 34.5 Å². The van der Waals surface area contributed by atoms with Crippen LogP contribution in [0.2, 0.25) is 0 Å². The fourth-order valence-electron chi connectivity index (χ4n) is 6.54. The fraction of sp³-hybridized carbons (Fsp3) is 0.907. The van der Waals surface area contributed by atoms with Gasteiger partial charge in [-0.1, -0.05) is 194 Å². The zero-order valence-electron chi connectivity index (χ0n) is 34.4. The highest BCUT2D eigenvalue weighted by Gasteiger charge is 2.37. The van der Waals surface area contributed by atoms with Crippen LogP contribution in [0.15, 0.2) is 0 Å². The highest BCUT2D eigenvalue weighted by Crippen LogP contribution is 2.19. The van der Waals surface area contributed by atoms with Crippen LogP contribution in [0.1, 0.15) is 226 Å². The number of rotatable bonds is 38. The van der Waals surface area contributed by atoms with Crippen LogP contribution in [-0.2, 0) is 38.7 Å². The van der Waals surface area contributed by atoms with Crippen molar-refractivity contribution in [1.29, 1.82) is 0 Å². The van der Waals surface area contributed by atoms with E-state index in [-0.39, 0.29) is 12.8 Å². The summed E-state index contributed by atoms with van der Waals surface area (Å²) in [6.07, 6.45) is 31.2. The first-order chi connectivity index (χ1) is 26.3. The largest absolute Gasteiger partial charge is 0.394 e. The number of carbonyl (C=O) groups excluding carboxylic acids is 4. The van der Waals surface area contributed by atoms with Crippen LogP contribution >= 0.6 is 0 Å². The van der Waals surface area contributed by atoms with Gasteiger partial charge in [0, 0.05) is 0 Å². The molecule has 0 aromatic rings. The first kappa shape index (κ1) is 51.8. The molecule has 318 valence electrons. The van der Waals surface area contributed by atoms with E-state index < -0.39 is 55.0 Å². The molecular weight excluding hydrogens is 692 g/mol. The molecule has 3 atom stereocenters. The van der Waals surface area contributed by atoms with Crippen LogP contribution in [0, 0.1) is 5.92 Å². The lowest BCUT2D eigenvalue weighted by molar-refractivity contribution is -0.269. The summed E-state index contributed by atoms with van der Waals surface area (Å²) in [5, 5.41) is 29.4. The fourth-order valence-corrected chi connectivity index (χ4v) is 6.54. The molecular formula is C43H80O11. The third-order valence-electron chi connectivity index (χ3n) is 10.1. The third kappa shape index (κ3) is 33.1. The van der Waals surface area contributed by atoms with Crippen LogP contribution in [0.3, 0.4) is 0 Å². The standard InChI is InChI=1S/C43H80O11/c1-3-5-7-9-11-13-15-17-19-21-23-25-27-29-31-33-39(46)51-53-41(48)35-37(42(49)38(45)36-44)43(50)54-52-40(47)34-32-30-28-26-24-22-20-18-16-14-12-10-8-6-4-2/h37-38,42,44-45,49H,3-36H2,1-2H3. The topological polar surface area (TPSA) is 166 Å². The van der Waals surface area contributed by atoms with Crippen molar-refractivity contribution < 1.29 is 54.0 Å². The molecule has 0 bridgehead atoms. The molecule has 0 aromatic heterocycles. The summed E-state index contributed by atoms with van der Waals surface area (Å²) >= 11 is 0. The van der Waals surface area contributed by atoms with Crippen molar-refractivity contribution in [3.05, 3.63) is 0 Å². The zero-order valence-corrected chi connectivity index (χ0v) is 34.4. The molecule has 3 N–H and O–H groups in total. The summed E-state index contributed by atoms with van der Waals surface area (Å²) in [6, 6.07) is 0. The van der Waals surface area contributed by atoms with Crippen molar-refractivity contribution in [1.82, 2.24) is 0 Å². The van der Waals surface area contributed by atoms with Crippen molar-refractivity contribution in [2.45, 2.75) is 238 Å². The molecule has 0 rings (SSSR count). The molecule has 0 aliphatic heterocycles. The number of carbonyl (C=O) groups is 4. The molecule has 0 radical (unpaired) electrons. The second-order valence-corrected chi connectivity index (χ2v) is 15.2. The average molecular weight is 773 g/mol. The smallest absolute Gasteiger partial charge is 0.361 e. The van der Waals surface area contributed by atoms with E-state index in [1.165, 1.54) is 141 Å². The van der Waals surface area contributed by atoms with Gasteiger partial charge in [0.25, 0.3) is 0 Å². The Labute approximate surface area is 327 Å². The first-order valence-electron chi connectivity index (χ1n) is 22.0. The van der Waals surface area contributed by atoms with Gasteiger partial charge in [-0.2, -0.15) is 0 Å². The van der Waals surface area contributed by atoms with E-state index in [0.29, 0.717) is 12.8 Å². The van der Waals surface area contributed by atoms with Gasteiger partial charge in [0.2, 0.25) is 0 Å². The molecule has 0 fully saturated rings. The van der Waals surface area contributed by atoms with E-state index in [1.807, 2.05) is 0 Å². The number of unbranched alkanes of at least 4 members (excludes halogenated alkanes) is 28.